The van der Waals surface area contributed by atoms with Crippen LogP contribution in [0.15, 0.2) is 29.1 Å². The first-order chi connectivity index (χ1) is 15.4. The van der Waals surface area contributed by atoms with Gasteiger partial charge in [0.05, 0.1) is 17.9 Å². The lowest BCUT2D eigenvalue weighted by atomic mass is 9.84. The summed E-state index contributed by atoms with van der Waals surface area (Å²) < 4.78 is 7.44. The summed E-state index contributed by atoms with van der Waals surface area (Å²) in [6.07, 6.45) is 5.92. The fourth-order valence-electron chi connectivity index (χ4n) is 4.43. The lowest BCUT2D eigenvalue weighted by Crippen LogP contribution is -2.17. The summed E-state index contributed by atoms with van der Waals surface area (Å²) in [6.45, 7) is 4.43. The molecular weight excluding hydrogens is 406 g/mol. The Balaban J connectivity index is 1.78. The molecule has 2 heterocycles. The fraction of sp³-hybridized carbons (Fsp3) is 0.417. The molecule has 168 valence electrons. The minimum atomic E-state index is -0.248. The smallest absolute Gasteiger partial charge is 0.277 e. The molecule has 4 rings (SSSR count). The third-order valence-electron chi connectivity index (χ3n) is 6.01. The van der Waals surface area contributed by atoms with Crippen molar-refractivity contribution in [2.45, 2.75) is 46.0 Å². The first-order valence-corrected chi connectivity index (χ1v) is 11.1. The fourth-order valence-corrected chi connectivity index (χ4v) is 4.43. The summed E-state index contributed by atoms with van der Waals surface area (Å²) in [6, 6.07) is 5.99. The minimum absolute atomic E-state index is 0.223. The second-order valence-corrected chi connectivity index (χ2v) is 8.22. The molecule has 0 spiro atoms. The number of benzene rings is 1. The summed E-state index contributed by atoms with van der Waals surface area (Å²) in [4.78, 5) is 31.8. The monoisotopic (exact) mass is 435 g/mol. The number of carbonyl (C=O) groups is 1. The molecule has 8 nitrogen and oxygen atoms in total. The van der Waals surface area contributed by atoms with Crippen molar-refractivity contribution < 1.29 is 9.53 Å². The number of fused-ring (bicyclic) bond motifs is 1. The predicted octanol–water partition coefficient (Wildman–Crippen LogP) is 3.34. The number of hydrogen-bond donors (Lipinski definition) is 2. The number of rotatable bonds is 7. The quantitative estimate of drug-likeness (QED) is 0.590. The number of allylic oxidation sites excluding steroid dienone is 2. The van der Waals surface area contributed by atoms with Crippen LogP contribution in [0.1, 0.15) is 50.8 Å². The Hall–Kier alpha value is -3.42. The number of carbonyl (C=O) groups excluding carboxylic acids is 1. The van der Waals surface area contributed by atoms with Gasteiger partial charge in [0.25, 0.3) is 5.56 Å². The van der Waals surface area contributed by atoms with Gasteiger partial charge in [0.1, 0.15) is 17.1 Å². The number of nitrogens with two attached hydrogens (primary N) is 1. The number of nitrogens with zero attached hydrogens (tertiary/aromatic N) is 3. The molecular formula is C24H29N5O3. The Morgan fingerprint density at radius 1 is 1.34 bits per heavy atom. The Kier molecular flexibility index (Phi) is 6.12. The lowest BCUT2D eigenvalue weighted by molar-refractivity contribution is -0.118. The number of amides is 1. The first kappa shape index (κ1) is 21.8. The Morgan fingerprint density at radius 3 is 2.81 bits per heavy atom. The van der Waals surface area contributed by atoms with Gasteiger partial charge in [-0.25, -0.2) is 4.98 Å². The SMILES string of the molecule is CCOc1ccc(C2=CCC(CC(N)=O)CC2)cc1-c1nc2c(CC)nn(C)c2c(=O)[nH]1. The normalized spacial score (nSPS) is 16.2. The van der Waals surface area contributed by atoms with E-state index in [-0.39, 0.29) is 11.5 Å². The van der Waals surface area contributed by atoms with Crippen molar-refractivity contribution in [3.05, 3.63) is 45.9 Å². The Morgan fingerprint density at radius 2 is 2.16 bits per heavy atom. The van der Waals surface area contributed by atoms with Crippen molar-refractivity contribution in [2.75, 3.05) is 6.61 Å². The minimum Gasteiger partial charge on any atom is -0.493 e. The lowest BCUT2D eigenvalue weighted by Gasteiger charge is -2.21. The molecule has 1 aromatic carbocycles. The largest absolute Gasteiger partial charge is 0.493 e. The maximum Gasteiger partial charge on any atom is 0.277 e. The van der Waals surface area contributed by atoms with Gasteiger partial charge in [-0.05, 0) is 61.8 Å². The maximum atomic E-state index is 12.9. The van der Waals surface area contributed by atoms with Gasteiger partial charge in [0.15, 0.2) is 5.52 Å². The molecule has 1 atom stereocenters. The zero-order chi connectivity index (χ0) is 22.8. The molecule has 0 saturated heterocycles. The highest BCUT2D eigenvalue weighted by atomic mass is 16.5. The van der Waals surface area contributed by atoms with Crippen molar-refractivity contribution in [3.63, 3.8) is 0 Å². The van der Waals surface area contributed by atoms with Crippen molar-refractivity contribution in [2.24, 2.45) is 18.7 Å². The molecule has 1 aliphatic rings. The molecule has 0 saturated carbocycles. The topological polar surface area (TPSA) is 116 Å². The van der Waals surface area contributed by atoms with Gasteiger partial charge in [-0.3, -0.25) is 14.3 Å². The Bertz CT molecular complexity index is 1250. The van der Waals surface area contributed by atoms with E-state index >= 15 is 0 Å². The molecule has 0 bridgehead atoms. The number of nitrogens with one attached hydrogen (secondary N) is 1. The van der Waals surface area contributed by atoms with Crippen LogP contribution in [0, 0.1) is 5.92 Å². The summed E-state index contributed by atoms with van der Waals surface area (Å²) in [5, 5.41) is 4.44. The van der Waals surface area contributed by atoms with Crippen molar-refractivity contribution in [3.8, 4) is 17.1 Å². The molecule has 2 aromatic heterocycles. The van der Waals surface area contributed by atoms with Gasteiger partial charge in [-0.1, -0.05) is 19.1 Å². The standard InChI is InChI=1S/C24H29N5O3/c1-4-18-21-22(29(3)28-18)24(31)27-23(26-21)17-13-16(10-11-19(17)32-5-2)15-8-6-14(7-9-15)12-20(25)30/h8,10-11,13-14H,4-7,9,12H2,1-3H3,(H2,25,30)(H,26,27,31). The number of aromatic nitrogens is 4. The number of H-pyrrole nitrogens is 1. The van der Waals surface area contributed by atoms with Gasteiger partial charge in [0, 0.05) is 13.5 Å². The molecule has 1 unspecified atom stereocenters. The van der Waals surface area contributed by atoms with Crippen LogP contribution in [0.3, 0.4) is 0 Å². The summed E-state index contributed by atoms with van der Waals surface area (Å²) in [5.74, 6) is 1.20. The second-order valence-electron chi connectivity index (χ2n) is 8.22. The van der Waals surface area contributed by atoms with Gasteiger partial charge in [-0.15, -0.1) is 0 Å². The van der Waals surface area contributed by atoms with E-state index in [9.17, 15) is 9.59 Å². The van der Waals surface area contributed by atoms with Gasteiger partial charge < -0.3 is 15.5 Å². The number of aryl methyl sites for hydroxylation is 2. The molecule has 8 heteroatoms. The van der Waals surface area contributed by atoms with Crippen LogP contribution < -0.4 is 16.0 Å². The molecule has 0 aliphatic heterocycles. The van der Waals surface area contributed by atoms with Crippen LogP contribution in [0.4, 0.5) is 0 Å². The van der Waals surface area contributed by atoms with Crippen LogP contribution in [-0.2, 0) is 18.3 Å². The predicted molar refractivity (Wildman–Crippen MR) is 124 cm³/mol. The average molecular weight is 436 g/mol. The molecule has 3 aromatic rings. The summed E-state index contributed by atoms with van der Waals surface area (Å²) >= 11 is 0. The molecule has 0 radical (unpaired) electrons. The average Bonchev–Trinajstić information content (AvgIpc) is 3.10. The van der Waals surface area contributed by atoms with Crippen LogP contribution in [0.2, 0.25) is 0 Å². The molecule has 0 fully saturated rings. The molecule has 3 N–H and O–H groups in total. The third-order valence-corrected chi connectivity index (χ3v) is 6.01. The van der Waals surface area contributed by atoms with E-state index in [0.29, 0.717) is 48.0 Å². The molecule has 1 aliphatic carbocycles. The summed E-state index contributed by atoms with van der Waals surface area (Å²) in [5.41, 5.74) is 10.0. The molecule has 1 amide bonds. The number of ether oxygens (including phenoxy) is 1. The van der Waals surface area contributed by atoms with E-state index in [1.807, 2.05) is 32.0 Å². The van der Waals surface area contributed by atoms with Crippen LogP contribution in [-0.4, -0.2) is 32.3 Å². The zero-order valence-electron chi connectivity index (χ0n) is 18.8. The third kappa shape index (κ3) is 4.17. The van der Waals surface area contributed by atoms with Gasteiger partial charge in [0.2, 0.25) is 5.91 Å². The van der Waals surface area contributed by atoms with Gasteiger partial charge in [-0.2, -0.15) is 5.10 Å². The highest BCUT2D eigenvalue weighted by Crippen LogP contribution is 2.36. The van der Waals surface area contributed by atoms with Crippen LogP contribution in [0.25, 0.3) is 28.0 Å². The van der Waals surface area contributed by atoms with Gasteiger partial charge >= 0.3 is 0 Å². The zero-order valence-corrected chi connectivity index (χ0v) is 18.8. The maximum absolute atomic E-state index is 12.9. The molecule has 32 heavy (non-hydrogen) atoms. The van der Waals surface area contributed by atoms with E-state index in [4.69, 9.17) is 15.5 Å². The number of hydrogen-bond acceptors (Lipinski definition) is 5. The highest BCUT2D eigenvalue weighted by molar-refractivity contribution is 5.81. The number of aromatic amines is 1. The van der Waals surface area contributed by atoms with Crippen molar-refractivity contribution in [1.82, 2.24) is 19.7 Å². The van der Waals surface area contributed by atoms with Crippen LogP contribution >= 0.6 is 0 Å². The van der Waals surface area contributed by atoms with E-state index in [2.05, 4.69) is 16.2 Å². The van der Waals surface area contributed by atoms with Crippen molar-refractivity contribution >= 4 is 22.5 Å². The number of primary amides is 1. The van der Waals surface area contributed by atoms with Crippen LogP contribution in [0.5, 0.6) is 5.75 Å². The van der Waals surface area contributed by atoms with Crippen molar-refractivity contribution in [1.29, 1.82) is 0 Å². The van der Waals surface area contributed by atoms with E-state index in [1.165, 1.54) is 5.57 Å². The van der Waals surface area contributed by atoms with E-state index in [1.54, 1.807) is 11.7 Å². The highest BCUT2D eigenvalue weighted by Gasteiger charge is 2.20. The van der Waals surface area contributed by atoms with E-state index < -0.39 is 0 Å². The Labute approximate surface area is 186 Å². The second kappa shape index (κ2) is 8.98. The van der Waals surface area contributed by atoms with E-state index in [0.717, 1.165) is 36.1 Å². The summed E-state index contributed by atoms with van der Waals surface area (Å²) in [7, 11) is 1.76. The first-order valence-electron chi connectivity index (χ1n) is 11.1.